The Morgan fingerprint density at radius 2 is 1.61 bits per heavy atom. The first-order chi connectivity index (χ1) is 16.6. The Morgan fingerprint density at radius 3 is 2.17 bits per heavy atom. The molecule has 0 saturated heterocycles. The van der Waals surface area contributed by atoms with Crippen molar-refractivity contribution < 1.29 is 33.7 Å². The largest absolute Gasteiger partial charge is 0.461 e. The molecule has 0 aromatic rings. The van der Waals surface area contributed by atoms with Crippen LogP contribution in [-0.4, -0.2) is 47.4 Å². The highest BCUT2D eigenvalue weighted by Crippen LogP contribution is 2.59. The average molecular weight is 505 g/mol. The van der Waals surface area contributed by atoms with Crippen LogP contribution in [0.15, 0.2) is 23.3 Å². The van der Waals surface area contributed by atoms with E-state index < -0.39 is 23.4 Å². The summed E-state index contributed by atoms with van der Waals surface area (Å²) < 4.78 is 17.7. The number of ether oxygens (including phenoxy) is 3. The lowest BCUT2D eigenvalue weighted by atomic mass is 9.51. The molecule has 7 nitrogen and oxygen atoms in total. The van der Waals surface area contributed by atoms with E-state index in [1.165, 1.54) is 13.8 Å². The number of rotatable bonds is 5. The fraction of sp³-hybridized carbons (Fsp3) is 0.759. The summed E-state index contributed by atoms with van der Waals surface area (Å²) in [6.07, 6.45) is 1.45. The van der Waals surface area contributed by atoms with E-state index in [-0.39, 0.29) is 47.5 Å². The molecule has 2 fully saturated rings. The molecule has 8 atom stereocenters. The molecular weight excluding hydrogens is 460 g/mol. The molecule has 202 valence electrons. The molecule has 0 amide bonds. The van der Waals surface area contributed by atoms with Gasteiger partial charge < -0.3 is 19.3 Å². The summed E-state index contributed by atoms with van der Waals surface area (Å²) in [4.78, 5) is 37.0. The van der Waals surface area contributed by atoms with E-state index >= 15 is 0 Å². The smallest absolute Gasteiger partial charge is 0.311 e. The van der Waals surface area contributed by atoms with Crippen LogP contribution in [0.1, 0.15) is 87.5 Å². The van der Waals surface area contributed by atoms with E-state index in [2.05, 4.69) is 27.4 Å². The third-order valence-corrected chi connectivity index (χ3v) is 9.16. The lowest BCUT2D eigenvalue weighted by molar-refractivity contribution is -0.166. The van der Waals surface area contributed by atoms with Crippen molar-refractivity contribution in [2.75, 3.05) is 0 Å². The van der Waals surface area contributed by atoms with Gasteiger partial charge in [-0.25, -0.2) is 0 Å². The summed E-state index contributed by atoms with van der Waals surface area (Å²) in [6.45, 7) is 19.1. The summed E-state index contributed by atoms with van der Waals surface area (Å²) in [5.41, 5.74) is 2.43. The van der Waals surface area contributed by atoms with Crippen molar-refractivity contribution in [3.05, 3.63) is 23.3 Å². The molecule has 3 aliphatic carbocycles. The highest BCUT2D eigenvalue weighted by atomic mass is 16.6. The van der Waals surface area contributed by atoms with E-state index in [0.717, 1.165) is 23.1 Å². The van der Waals surface area contributed by atoms with E-state index in [9.17, 15) is 19.5 Å². The number of esters is 3. The van der Waals surface area contributed by atoms with Gasteiger partial charge >= 0.3 is 17.9 Å². The maximum Gasteiger partial charge on any atom is 0.311 e. The van der Waals surface area contributed by atoms with Crippen LogP contribution in [0.4, 0.5) is 0 Å². The second-order valence-electron chi connectivity index (χ2n) is 12.2. The van der Waals surface area contributed by atoms with Crippen LogP contribution in [0, 0.1) is 28.6 Å². The molecule has 0 heterocycles. The predicted octanol–water partition coefficient (Wildman–Crippen LogP) is 4.91. The molecule has 7 heteroatoms. The maximum atomic E-state index is 12.9. The van der Waals surface area contributed by atoms with Crippen molar-refractivity contribution in [2.24, 2.45) is 28.6 Å². The van der Waals surface area contributed by atoms with Crippen molar-refractivity contribution >= 4 is 17.9 Å². The molecule has 0 aliphatic heterocycles. The van der Waals surface area contributed by atoms with Crippen molar-refractivity contribution in [2.45, 2.75) is 112 Å². The number of hydrogen-bond donors (Lipinski definition) is 1. The molecule has 2 unspecified atom stereocenters. The average Bonchev–Trinajstić information content (AvgIpc) is 2.72. The van der Waals surface area contributed by atoms with Gasteiger partial charge in [0.15, 0.2) is 0 Å². The van der Waals surface area contributed by atoms with Gasteiger partial charge in [0.25, 0.3) is 0 Å². The summed E-state index contributed by atoms with van der Waals surface area (Å²) in [7, 11) is 0. The number of carbonyl (C=O) groups is 3. The minimum absolute atomic E-state index is 0.00622. The number of fused-ring (bicyclic) bond motifs is 3. The summed E-state index contributed by atoms with van der Waals surface area (Å²) in [6, 6.07) is 0. The van der Waals surface area contributed by atoms with Crippen molar-refractivity contribution in [1.29, 1.82) is 0 Å². The van der Waals surface area contributed by atoms with Gasteiger partial charge in [-0.1, -0.05) is 32.9 Å². The van der Waals surface area contributed by atoms with Crippen molar-refractivity contribution in [3.8, 4) is 0 Å². The first kappa shape index (κ1) is 28.4. The first-order valence-electron chi connectivity index (χ1n) is 13.2. The van der Waals surface area contributed by atoms with Crippen molar-refractivity contribution in [3.63, 3.8) is 0 Å². The highest BCUT2D eigenvalue weighted by molar-refractivity contribution is 5.73. The van der Waals surface area contributed by atoms with E-state index in [4.69, 9.17) is 14.2 Å². The van der Waals surface area contributed by atoms with Gasteiger partial charge in [0, 0.05) is 26.2 Å². The van der Waals surface area contributed by atoms with E-state index in [1.54, 1.807) is 13.8 Å². The Bertz CT molecular complexity index is 945. The number of hydrogen-bond acceptors (Lipinski definition) is 7. The van der Waals surface area contributed by atoms with Gasteiger partial charge in [-0.2, -0.15) is 0 Å². The Labute approximate surface area is 215 Å². The third kappa shape index (κ3) is 5.41. The standard InChI is InChI=1S/C29H44O7/c1-15-12-24(36-27(33)16(2)18(4)30)22-13-21-17(3)23(34-19(5)31)10-11-29(21,9)14-25(35-20(6)32)26(15)28(22,7)8/h16,18,21-25,30H,3,10-14H2,1-2,4-9H3/t16?,18?,21-,22-,23+,24+,25+,29+/m1/s1. The molecule has 1 N–H and O–H groups in total. The van der Waals surface area contributed by atoms with E-state index in [0.29, 0.717) is 25.7 Å². The molecule has 0 spiro atoms. The van der Waals surface area contributed by atoms with E-state index in [1.807, 2.05) is 6.92 Å². The molecule has 0 aromatic carbocycles. The Morgan fingerprint density at radius 1 is 1.03 bits per heavy atom. The lowest BCUT2D eigenvalue weighted by Gasteiger charge is -2.56. The Balaban J connectivity index is 2.10. The van der Waals surface area contributed by atoms with Gasteiger partial charge in [0.05, 0.1) is 12.0 Å². The topological polar surface area (TPSA) is 99.1 Å². The fourth-order valence-electron chi connectivity index (χ4n) is 7.07. The molecule has 36 heavy (non-hydrogen) atoms. The van der Waals surface area contributed by atoms with Crippen LogP contribution in [0.3, 0.4) is 0 Å². The predicted molar refractivity (Wildman–Crippen MR) is 136 cm³/mol. The lowest BCUT2D eigenvalue weighted by Crippen LogP contribution is -2.53. The fourth-order valence-corrected chi connectivity index (χ4v) is 7.07. The van der Waals surface area contributed by atoms with Crippen LogP contribution < -0.4 is 0 Å². The molecule has 2 bridgehead atoms. The number of carbonyl (C=O) groups excluding carboxylic acids is 3. The number of aliphatic hydroxyl groups is 1. The SMILES string of the molecule is C=C1[C@@H](OC(C)=O)CC[C@@]2(C)C[C@H](OC(C)=O)C3=C(C)C[C@H](OC(=O)C(C)C(C)O)[C@@H](C[C@H]12)C3(C)C. The van der Waals surface area contributed by atoms with Gasteiger partial charge in [-0.15, -0.1) is 0 Å². The second kappa shape index (κ2) is 10.3. The van der Waals surface area contributed by atoms with Crippen LogP contribution in [0.25, 0.3) is 0 Å². The van der Waals surface area contributed by atoms with Crippen LogP contribution in [-0.2, 0) is 28.6 Å². The summed E-state index contributed by atoms with van der Waals surface area (Å²) >= 11 is 0. The van der Waals surface area contributed by atoms with Gasteiger partial charge in [0.2, 0.25) is 0 Å². The second-order valence-corrected chi connectivity index (χ2v) is 12.2. The zero-order chi connectivity index (χ0) is 27.2. The molecule has 2 saturated carbocycles. The minimum atomic E-state index is -0.808. The highest BCUT2D eigenvalue weighted by Gasteiger charge is 2.56. The molecule has 3 rings (SSSR count). The first-order valence-corrected chi connectivity index (χ1v) is 13.2. The van der Waals surface area contributed by atoms with Crippen LogP contribution >= 0.6 is 0 Å². The number of aliphatic hydroxyl groups excluding tert-OH is 1. The normalized spacial score (nSPS) is 35.5. The third-order valence-electron chi connectivity index (χ3n) is 9.16. The molecule has 3 aliphatic rings. The quantitative estimate of drug-likeness (QED) is 0.323. The van der Waals surface area contributed by atoms with Gasteiger partial charge in [-0.3, -0.25) is 14.4 Å². The monoisotopic (exact) mass is 504 g/mol. The summed E-state index contributed by atoms with van der Waals surface area (Å²) in [5, 5.41) is 9.97. The van der Waals surface area contributed by atoms with Crippen molar-refractivity contribution in [1.82, 2.24) is 0 Å². The zero-order valence-electron chi connectivity index (χ0n) is 23.2. The van der Waals surface area contributed by atoms with Gasteiger partial charge in [-0.05, 0) is 74.3 Å². The molecule has 0 radical (unpaired) electrons. The molecular formula is C29H44O7. The molecule has 0 aromatic heterocycles. The Kier molecular flexibility index (Phi) is 8.14. The van der Waals surface area contributed by atoms with Crippen LogP contribution in [0.2, 0.25) is 0 Å². The summed E-state index contributed by atoms with van der Waals surface area (Å²) in [5.74, 6) is -1.77. The maximum absolute atomic E-state index is 12.9. The van der Waals surface area contributed by atoms with Gasteiger partial charge in [0.1, 0.15) is 18.3 Å². The van der Waals surface area contributed by atoms with Crippen LogP contribution in [0.5, 0.6) is 0 Å². The Hall–Kier alpha value is -2.15. The zero-order valence-corrected chi connectivity index (χ0v) is 23.2. The minimum Gasteiger partial charge on any atom is -0.461 e.